The fourth-order valence-electron chi connectivity index (χ4n) is 2.09. The first-order valence-corrected chi connectivity index (χ1v) is 7.88. The van der Waals surface area contributed by atoms with Gasteiger partial charge in [0.15, 0.2) is 5.82 Å². The molecule has 0 aliphatic carbocycles. The van der Waals surface area contributed by atoms with Crippen LogP contribution in [-0.2, 0) is 4.74 Å². The lowest BCUT2D eigenvalue weighted by Crippen LogP contribution is -2.08. The minimum Gasteiger partial charge on any atom is -0.381 e. The van der Waals surface area contributed by atoms with E-state index < -0.39 is 0 Å². The van der Waals surface area contributed by atoms with Gasteiger partial charge in [-0.1, -0.05) is 27.2 Å². The normalized spacial score (nSPS) is 11.4. The van der Waals surface area contributed by atoms with Crippen molar-refractivity contribution in [3.05, 3.63) is 24.2 Å². The number of hydrogen-bond acceptors (Lipinski definition) is 4. The number of ether oxygens (including phenoxy) is 1. The Hall–Kier alpha value is -1.62. The molecule has 116 valence electrons. The SMILES string of the molecule is CCCCOCCCNc1nccn2nc(C(C)C)cc12. The molecule has 5 heteroatoms. The molecule has 0 aliphatic rings. The third-order valence-corrected chi connectivity index (χ3v) is 3.40. The molecule has 0 amide bonds. The van der Waals surface area contributed by atoms with Crippen LogP contribution in [0.15, 0.2) is 18.5 Å². The van der Waals surface area contributed by atoms with Gasteiger partial charge in [0.05, 0.1) is 5.69 Å². The minimum absolute atomic E-state index is 0.421. The molecule has 0 atom stereocenters. The van der Waals surface area contributed by atoms with Crippen molar-refractivity contribution in [2.45, 2.75) is 46.0 Å². The predicted molar refractivity (Wildman–Crippen MR) is 85.9 cm³/mol. The van der Waals surface area contributed by atoms with Crippen LogP contribution in [0.1, 0.15) is 51.6 Å². The van der Waals surface area contributed by atoms with E-state index in [1.165, 1.54) is 6.42 Å². The maximum Gasteiger partial charge on any atom is 0.152 e. The molecule has 0 spiro atoms. The number of anilines is 1. The maximum absolute atomic E-state index is 5.56. The summed E-state index contributed by atoms with van der Waals surface area (Å²) in [5.41, 5.74) is 2.13. The standard InChI is InChI=1S/C16H26N4O/c1-4-5-10-21-11-6-7-17-16-15-12-14(13(2)3)19-20(15)9-8-18-16/h8-9,12-13H,4-7,10-11H2,1-3H3,(H,17,18). The van der Waals surface area contributed by atoms with E-state index in [0.717, 1.165) is 49.6 Å². The quantitative estimate of drug-likeness (QED) is 0.718. The van der Waals surface area contributed by atoms with E-state index in [-0.39, 0.29) is 0 Å². The van der Waals surface area contributed by atoms with Crippen molar-refractivity contribution < 1.29 is 4.74 Å². The zero-order valence-electron chi connectivity index (χ0n) is 13.3. The summed E-state index contributed by atoms with van der Waals surface area (Å²) in [4.78, 5) is 4.41. The highest BCUT2D eigenvalue weighted by atomic mass is 16.5. The van der Waals surface area contributed by atoms with Gasteiger partial charge in [-0.25, -0.2) is 9.50 Å². The van der Waals surface area contributed by atoms with Gasteiger partial charge in [-0.15, -0.1) is 0 Å². The second-order valence-electron chi connectivity index (χ2n) is 5.58. The Morgan fingerprint density at radius 2 is 2.10 bits per heavy atom. The topological polar surface area (TPSA) is 51.5 Å². The lowest BCUT2D eigenvalue weighted by Gasteiger charge is -2.07. The molecular weight excluding hydrogens is 264 g/mol. The summed E-state index contributed by atoms with van der Waals surface area (Å²) in [5, 5.41) is 7.94. The molecule has 21 heavy (non-hydrogen) atoms. The zero-order valence-corrected chi connectivity index (χ0v) is 13.3. The first-order chi connectivity index (χ1) is 10.2. The van der Waals surface area contributed by atoms with Crippen molar-refractivity contribution in [3.8, 4) is 0 Å². The number of fused-ring (bicyclic) bond motifs is 1. The Kier molecular flexibility index (Phi) is 5.99. The maximum atomic E-state index is 5.56. The van der Waals surface area contributed by atoms with E-state index in [4.69, 9.17) is 4.74 Å². The lowest BCUT2D eigenvalue weighted by molar-refractivity contribution is 0.131. The number of nitrogens with one attached hydrogen (secondary N) is 1. The van der Waals surface area contributed by atoms with E-state index in [2.05, 4.69) is 42.2 Å². The van der Waals surface area contributed by atoms with Crippen molar-refractivity contribution in [2.24, 2.45) is 0 Å². The molecule has 2 aromatic heterocycles. The van der Waals surface area contributed by atoms with Gasteiger partial charge < -0.3 is 10.1 Å². The summed E-state index contributed by atoms with van der Waals surface area (Å²) in [6.45, 7) is 9.00. The fourth-order valence-corrected chi connectivity index (χ4v) is 2.09. The second kappa shape index (κ2) is 7.98. The second-order valence-corrected chi connectivity index (χ2v) is 5.58. The number of unbranched alkanes of at least 4 members (excludes halogenated alkanes) is 1. The molecule has 2 aromatic rings. The molecule has 0 unspecified atom stereocenters. The average molecular weight is 290 g/mol. The summed E-state index contributed by atoms with van der Waals surface area (Å²) >= 11 is 0. The van der Waals surface area contributed by atoms with Crippen LogP contribution < -0.4 is 5.32 Å². The van der Waals surface area contributed by atoms with Crippen LogP contribution in [0.4, 0.5) is 5.82 Å². The highest BCUT2D eigenvalue weighted by Gasteiger charge is 2.09. The van der Waals surface area contributed by atoms with Gasteiger partial charge in [0.2, 0.25) is 0 Å². The van der Waals surface area contributed by atoms with Crippen LogP contribution in [0.5, 0.6) is 0 Å². The summed E-state index contributed by atoms with van der Waals surface area (Å²) in [6, 6.07) is 2.11. The molecule has 1 N–H and O–H groups in total. The molecule has 0 aliphatic heterocycles. The van der Waals surface area contributed by atoms with Crippen LogP contribution in [0, 0.1) is 0 Å². The Bertz CT molecular complexity index is 550. The van der Waals surface area contributed by atoms with Crippen molar-refractivity contribution >= 4 is 11.3 Å². The highest BCUT2D eigenvalue weighted by molar-refractivity contribution is 5.67. The van der Waals surface area contributed by atoms with Crippen molar-refractivity contribution in [3.63, 3.8) is 0 Å². The van der Waals surface area contributed by atoms with Gasteiger partial charge in [-0.2, -0.15) is 5.10 Å². The Morgan fingerprint density at radius 1 is 1.29 bits per heavy atom. The third-order valence-electron chi connectivity index (χ3n) is 3.40. The van der Waals surface area contributed by atoms with Crippen LogP contribution in [0.2, 0.25) is 0 Å². The highest BCUT2D eigenvalue weighted by Crippen LogP contribution is 2.19. The molecule has 0 aromatic carbocycles. The number of nitrogens with zero attached hydrogens (tertiary/aromatic N) is 3. The van der Waals surface area contributed by atoms with E-state index in [1.807, 2.05) is 10.7 Å². The fraction of sp³-hybridized carbons (Fsp3) is 0.625. The van der Waals surface area contributed by atoms with E-state index in [9.17, 15) is 0 Å². The lowest BCUT2D eigenvalue weighted by atomic mass is 10.1. The Labute approximate surface area is 126 Å². The summed E-state index contributed by atoms with van der Waals surface area (Å²) < 4.78 is 7.45. The Balaban J connectivity index is 1.87. The van der Waals surface area contributed by atoms with Gasteiger partial charge >= 0.3 is 0 Å². The molecule has 0 bridgehead atoms. The monoisotopic (exact) mass is 290 g/mol. The average Bonchev–Trinajstić information content (AvgIpc) is 2.91. The van der Waals surface area contributed by atoms with Gasteiger partial charge in [0, 0.05) is 32.2 Å². The molecular formula is C16H26N4O. The van der Waals surface area contributed by atoms with E-state index >= 15 is 0 Å². The largest absolute Gasteiger partial charge is 0.381 e. The molecule has 5 nitrogen and oxygen atoms in total. The van der Waals surface area contributed by atoms with Crippen LogP contribution in [0.25, 0.3) is 5.52 Å². The minimum atomic E-state index is 0.421. The van der Waals surface area contributed by atoms with Crippen LogP contribution >= 0.6 is 0 Å². The van der Waals surface area contributed by atoms with Gasteiger partial charge in [0.25, 0.3) is 0 Å². The first-order valence-electron chi connectivity index (χ1n) is 7.88. The van der Waals surface area contributed by atoms with Crippen molar-refractivity contribution in [1.82, 2.24) is 14.6 Å². The smallest absolute Gasteiger partial charge is 0.152 e. The van der Waals surface area contributed by atoms with Gasteiger partial charge in [-0.3, -0.25) is 0 Å². The van der Waals surface area contributed by atoms with Crippen molar-refractivity contribution in [2.75, 3.05) is 25.1 Å². The summed E-state index contributed by atoms with van der Waals surface area (Å²) in [6.07, 6.45) is 6.98. The molecule has 0 saturated heterocycles. The van der Waals surface area contributed by atoms with Gasteiger partial charge in [-0.05, 0) is 24.8 Å². The van der Waals surface area contributed by atoms with E-state index in [1.54, 1.807) is 6.20 Å². The summed E-state index contributed by atoms with van der Waals surface area (Å²) in [5.74, 6) is 1.31. The van der Waals surface area contributed by atoms with E-state index in [0.29, 0.717) is 5.92 Å². The number of hydrogen-bond donors (Lipinski definition) is 1. The van der Waals surface area contributed by atoms with Crippen LogP contribution in [-0.4, -0.2) is 34.4 Å². The zero-order chi connectivity index (χ0) is 15.1. The first kappa shape index (κ1) is 15.8. The molecule has 0 radical (unpaired) electrons. The van der Waals surface area contributed by atoms with Gasteiger partial charge in [0.1, 0.15) is 5.52 Å². The third kappa shape index (κ3) is 4.43. The molecule has 0 fully saturated rings. The Morgan fingerprint density at radius 3 is 2.86 bits per heavy atom. The molecule has 0 saturated carbocycles. The number of rotatable bonds is 9. The van der Waals surface area contributed by atoms with Crippen molar-refractivity contribution in [1.29, 1.82) is 0 Å². The van der Waals surface area contributed by atoms with Crippen LogP contribution in [0.3, 0.4) is 0 Å². The molecule has 2 heterocycles. The molecule has 2 rings (SSSR count). The predicted octanol–water partition coefficient (Wildman–Crippen LogP) is 3.47. The summed E-state index contributed by atoms with van der Waals surface area (Å²) in [7, 11) is 0. The number of aromatic nitrogens is 3.